The third-order valence-corrected chi connectivity index (χ3v) is 7.18. The van der Waals surface area contributed by atoms with Crippen LogP contribution in [0, 0.1) is 0 Å². The predicted molar refractivity (Wildman–Crippen MR) is 168 cm³/mol. The summed E-state index contributed by atoms with van der Waals surface area (Å²) in [5, 5.41) is 5.17. The Morgan fingerprint density at radius 3 is 2.24 bits per heavy atom. The average molecular weight is 568 g/mol. The molecule has 210 valence electrons. The van der Waals surface area contributed by atoms with E-state index in [2.05, 4.69) is 27.5 Å². The number of rotatable bonds is 11. The molecule has 0 fully saturated rings. The summed E-state index contributed by atoms with van der Waals surface area (Å²) in [4.78, 5) is 5.52. The van der Waals surface area contributed by atoms with Crippen molar-refractivity contribution in [1.29, 1.82) is 0 Å². The highest BCUT2D eigenvalue weighted by atomic mass is 32.1. The maximum absolute atomic E-state index is 5.93. The largest absolute Gasteiger partial charge is 0.497 e. The number of fused-ring (bicyclic) bond motifs is 1. The topological polar surface area (TPSA) is 68.0 Å². The molecule has 0 saturated carbocycles. The fourth-order valence-electron chi connectivity index (χ4n) is 4.63. The van der Waals surface area contributed by atoms with Crippen molar-refractivity contribution in [3.8, 4) is 28.7 Å². The van der Waals surface area contributed by atoms with Crippen molar-refractivity contribution in [1.82, 2.24) is 9.88 Å². The van der Waals surface area contributed by atoms with Gasteiger partial charge in [0.25, 0.3) is 0 Å². The van der Waals surface area contributed by atoms with Crippen LogP contribution >= 0.6 is 12.2 Å². The highest BCUT2D eigenvalue weighted by molar-refractivity contribution is 7.80. The number of hydrogen-bond donors (Lipinski definition) is 2. The molecule has 0 spiro atoms. The van der Waals surface area contributed by atoms with Gasteiger partial charge in [0.2, 0.25) is 0 Å². The van der Waals surface area contributed by atoms with Crippen LogP contribution in [-0.4, -0.2) is 42.9 Å². The summed E-state index contributed by atoms with van der Waals surface area (Å²) < 4.78 is 22.3. The molecule has 0 aliphatic rings. The standard InChI is InChI=1S/C33H33N3O4S/c1-37-28-14-15-30-29(20-28)24(21-34-30)17-18-36(22-23-9-16-31(38-2)32(19-23)39-3)33(41)35-25-10-12-27(13-11-25)40-26-7-5-4-6-8-26/h4-16,19-21,34H,17-18,22H2,1-3H3,(H,35,41). The Morgan fingerprint density at radius 2 is 1.51 bits per heavy atom. The van der Waals surface area contributed by atoms with E-state index in [1.807, 2.05) is 84.9 Å². The summed E-state index contributed by atoms with van der Waals surface area (Å²) in [6.45, 7) is 1.28. The quantitative estimate of drug-likeness (QED) is 0.161. The Bertz CT molecular complexity index is 1600. The fourth-order valence-corrected chi connectivity index (χ4v) is 4.91. The minimum absolute atomic E-state index is 0.590. The molecular formula is C33H33N3O4S. The SMILES string of the molecule is COc1ccc2[nH]cc(CCN(Cc3ccc(OC)c(OC)c3)C(=S)Nc3ccc(Oc4ccccc4)cc3)c2c1. The third-order valence-electron chi connectivity index (χ3n) is 6.82. The van der Waals surface area contributed by atoms with Crippen molar-refractivity contribution in [2.45, 2.75) is 13.0 Å². The van der Waals surface area contributed by atoms with E-state index >= 15 is 0 Å². The molecular weight excluding hydrogens is 534 g/mol. The number of aromatic amines is 1. The number of aromatic nitrogens is 1. The summed E-state index contributed by atoms with van der Waals surface area (Å²) in [5.41, 5.74) is 4.20. The highest BCUT2D eigenvalue weighted by Gasteiger charge is 2.15. The molecule has 4 aromatic carbocycles. The van der Waals surface area contributed by atoms with Gasteiger partial charge < -0.3 is 34.1 Å². The minimum atomic E-state index is 0.590. The smallest absolute Gasteiger partial charge is 0.173 e. The number of thiocarbonyl (C=S) groups is 1. The Balaban J connectivity index is 1.33. The maximum atomic E-state index is 5.93. The van der Waals surface area contributed by atoms with Gasteiger partial charge in [-0.3, -0.25) is 0 Å². The first-order chi connectivity index (χ1) is 20.1. The number of nitrogens with one attached hydrogen (secondary N) is 2. The van der Waals surface area contributed by atoms with E-state index in [1.165, 1.54) is 5.56 Å². The number of H-pyrrole nitrogens is 1. The van der Waals surface area contributed by atoms with Gasteiger partial charge in [-0.2, -0.15) is 0 Å². The average Bonchev–Trinajstić information content (AvgIpc) is 3.42. The zero-order chi connectivity index (χ0) is 28.6. The van der Waals surface area contributed by atoms with Crippen LogP contribution in [0.5, 0.6) is 28.7 Å². The van der Waals surface area contributed by atoms with Crippen molar-refractivity contribution >= 4 is 33.9 Å². The molecule has 7 nitrogen and oxygen atoms in total. The first-order valence-electron chi connectivity index (χ1n) is 13.3. The van der Waals surface area contributed by atoms with Crippen molar-refractivity contribution in [3.05, 3.63) is 108 Å². The fraction of sp³-hybridized carbons (Fsp3) is 0.182. The van der Waals surface area contributed by atoms with Gasteiger partial charge in [-0.05, 0) is 96.5 Å². The normalized spacial score (nSPS) is 10.7. The molecule has 0 aliphatic carbocycles. The van der Waals surface area contributed by atoms with E-state index in [9.17, 15) is 0 Å². The lowest BCUT2D eigenvalue weighted by atomic mass is 10.1. The minimum Gasteiger partial charge on any atom is -0.497 e. The molecule has 1 aromatic heterocycles. The molecule has 5 rings (SSSR count). The molecule has 41 heavy (non-hydrogen) atoms. The van der Waals surface area contributed by atoms with Gasteiger partial charge >= 0.3 is 0 Å². The second-order valence-corrected chi connectivity index (χ2v) is 9.84. The molecule has 1 heterocycles. The van der Waals surface area contributed by atoms with Crippen LogP contribution in [0.15, 0.2) is 97.2 Å². The van der Waals surface area contributed by atoms with Gasteiger partial charge in [0.15, 0.2) is 16.6 Å². The van der Waals surface area contributed by atoms with Crippen LogP contribution < -0.4 is 24.3 Å². The van der Waals surface area contributed by atoms with Gasteiger partial charge in [-0.25, -0.2) is 0 Å². The second-order valence-electron chi connectivity index (χ2n) is 9.46. The summed E-state index contributed by atoms with van der Waals surface area (Å²) in [5.74, 6) is 3.75. The lowest BCUT2D eigenvalue weighted by Crippen LogP contribution is -2.35. The Kier molecular flexibility index (Phi) is 8.91. The monoisotopic (exact) mass is 567 g/mol. The number of methoxy groups -OCH3 is 3. The summed E-state index contributed by atoms with van der Waals surface area (Å²) >= 11 is 5.93. The molecule has 0 amide bonds. The Labute approximate surface area is 245 Å². The van der Waals surface area contributed by atoms with Gasteiger partial charge in [-0.1, -0.05) is 24.3 Å². The first kappa shape index (κ1) is 27.9. The highest BCUT2D eigenvalue weighted by Crippen LogP contribution is 2.29. The molecule has 0 aliphatic heterocycles. The van der Waals surface area contributed by atoms with E-state index in [0.29, 0.717) is 29.7 Å². The molecule has 8 heteroatoms. The summed E-state index contributed by atoms with van der Waals surface area (Å²) in [6.07, 6.45) is 2.84. The lowest BCUT2D eigenvalue weighted by Gasteiger charge is -2.26. The number of nitrogens with zero attached hydrogens (tertiary/aromatic N) is 1. The van der Waals surface area contributed by atoms with Crippen molar-refractivity contribution < 1.29 is 18.9 Å². The number of anilines is 1. The van der Waals surface area contributed by atoms with E-state index < -0.39 is 0 Å². The number of ether oxygens (including phenoxy) is 4. The van der Waals surface area contributed by atoms with Crippen LogP contribution in [0.25, 0.3) is 10.9 Å². The van der Waals surface area contributed by atoms with Crippen LogP contribution in [-0.2, 0) is 13.0 Å². The lowest BCUT2D eigenvalue weighted by molar-refractivity contribution is 0.353. The van der Waals surface area contributed by atoms with E-state index in [1.54, 1.807) is 21.3 Å². The molecule has 0 radical (unpaired) electrons. The van der Waals surface area contributed by atoms with Gasteiger partial charge in [0.05, 0.1) is 21.3 Å². The number of hydrogen-bond acceptors (Lipinski definition) is 5. The van der Waals surface area contributed by atoms with Gasteiger partial charge in [0, 0.05) is 35.9 Å². The molecule has 0 unspecified atom stereocenters. The molecule has 5 aromatic rings. The summed E-state index contributed by atoms with van der Waals surface area (Å²) in [7, 11) is 4.96. The molecule has 0 saturated heterocycles. The molecule has 0 atom stereocenters. The van der Waals surface area contributed by atoms with E-state index in [4.69, 9.17) is 31.2 Å². The predicted octanol–water partition coefficient (Wildman–Crippen LogP) is 7.43. The number of para-hydroxylation sites is 1. The second kappa shape index (κ2) is 13.1. The third kappa shape index (κ3) is 6.91. The number of benzene rings is 4. The van der Waals surface area contributed by atoms with Crippen molar-refractivity contribution in [3.63, 3.8) is 0 Å². The first-order valence-corrected chi connectivity index (χ1v) is 13.7. The van der Waals surface area contributed by atoms with Gasteiger partial charge in [-0.15, -0.1) is 0 Å². The van der Waals surface area contributed by atoms with Crippen LogP contribution in [0.2, 0.25) is 0 Å². The van der Waals surface area contributed by atoms with E-state index in [0.717, 1.165) is 45.8 Å². The Hall–Kier alpha value is -4.69. The van der Waals surface area contributed by atoms with E-state index in [-0.39, 0.29) is 0 Å². The maximum Gasteiger partial charge on any atom is 0.173 e. The zero-order valence-electron chi connectivity index (χ0n) is 23.3. The molecule has 2 N–H and O–H groups in total. The van der Waals surface area contributed by atoms with Crippen LogP contribution in [0.3, 0.4) is 0 Å². The summed E-state index contributed by atoms with van der Waals surface area (Å²) in [6, 6.07) is 29.5. The van der Waals surface area contributed by atoms with Crippen LogP contribution in [0.4, 0.5) is 5.69 Å². The van der Waals surface area contributed by atoms with Crippen molar-refractivity contribution in [2.75, 3.05) is 33.2 Å². The molecule has 0 bridgehead atoms. The van der Waals surface area contributed by atoms with Crippen LogP contribution in [0.1, 0.15) is 11.1 Å². The zero-order valence-corrected chi connectivity index (χ0v) is 24.2. The van der Waals surface area contributed by atoms with Crippen molar-refractivity contribution in [2.24, 2.45) is 0 Å². The Morgan fingerprint density at radius 1 is 0.780 bits per heavy atom. The van der Waals surface area contributed by atoms with Gasteiger partial charge in [0.1, 0.15) is 17.2 Å².